The second-order valence-electron chi connectivity index (χ2n) is 6.09. The molecule has 6 heteroatoms. The van der Waals surface area contributed by atoms with Crippen LogP contribution < -0.4 is 0 Å². The van der Waals surface area contributed by atoms with E-state index >= 15 is 0 Å². The third-order valence-corrected chi connectivity index (χ3v) is 4.57. The van der Waals surface area contributed by atoms with Gasteiger partial charge in [0.1, 0.15) is 0 Å². The highest BCUT2D eigenvalue weighted by molar-refractivity contribution is 6.30. The minimum Gasteiger partial charge on any atom is -0.466 e. The van der Waals surface area contributed by atoms with Crippen LogP contribution in [0.15, 0.2) is 24.3 Å². The Morgan fingerprint density at radius 1 is 0.962 bits per heavy atom. The Morgan fingerprint density at radius 2 is 1.58 bits per heavy atom. The van der Waals surface area contributed by atoms with Gasteiger partial charge in [0.05, 0.1) is 13.0 Å². The standard InChI is InChI=1S/C20H31ClN2O3/c1-4-22(5-2)14-7-8-15-23(16-13-19(24)26-6-3)20(25)17-9-11-18(21)12-10-17/h9-12H,4-8,13-16H2,1-3H3. The highest BCUT2D eigenvalue weighted by atomic mass is 35.5. The monoisotopic (exact) mass is 382 g/mol. The number of amides is 1. The van der Waals surface area contributed by atoms with E-state index in [9.17, 15) is 9.59 Å². The molecule has 0 N–H and O–H groups in total. The molecule has 1 aromatic rings. The largest absolute Gasteiger partial charge is 0.466 e. The van der Waals surface area contributed by atoms with Gasteiger partial charge in [0.15, 0.2) is 0 Å². The van der Waals surface area contributed by atoms with Gasteiger partial charge in [-0.05, 0) is 63.7 Å². The van der Waals surface area contributed by atoms with Crippen molar-refractivity contribution in [1.29, 1.82) is 0 Å². The Balaban J connectivity index is 2.64. The molecule has 146 valence electrons. The Bertz CT molecular complexity index is 544. The molecule has 0 aliphatic heterocycles. The number of rotatable bonds is 12. The first kappa shape index (κ1) is 22.5. The lowest BCUT2D eigenvalue weighted by molar-refractivity contribution is -0.143. The average Bonchev–Trinajstić information content (AvgIpc) is 2.64. The predicted molar refractivity (Wildman–Crippen MR) is 106 cm³/mol. The zero-order chi connectivity index (χ0) is 19.4. The van der Waals surface area contributed by atoms with Crippen LogP contribution in [-0.4, -0.2) is 61.0 Å². The van der Waals surface area contributed by atoms with Crippen LogP contribution in [0.4, 0.5) is 0 Å². The molecular weight excluding hydrogens is 352 g/mol. The fourth-order valence-electron chi connectivity index (χ4n) is 2.73. The Hall–Kier alpha value is -1.59. The lowest BCUT2D eigenvalue weighted by Crippen LogP contribution is -2.34. The third kappa shape index (κ3) is 8.19. The predicted octanol–water partition coefficient (Wildman–Crippen LogP) is 3.86. The van der Waals surface area contributed by atoms with E-state index in [4.69, 9.17) is 16.3 Å². The van der Waals surface area contributed by atoms with E-state index in [1.54, 1.807) is 36.1 Å². The van der Waals surface area contributed by atoms with Gasteiger partial charge in [0, 0.05) is 23.7 Å². The summed E-state index contributed by atoms with van der Waals surface area (Å²) in [6.45, 7) is 10.5. The number of halogens is 1. The van der Waals surface area contributed by atoms with Gasteiger partial charge in [-0.1, -0.05) is 25.4 Å². The molecule has 0 aliphatic rings. The summed E-state index contributed by atoms with van der Waals surface area (Å²) < 4.78 is 4.98. The van der Waals surface area contributed by atoms with Crippen molar-refractivity contribution in [3.63, 3.8) is 0 Å². The van der Waals surface area contributed by atoms with Crippen molar-refractivity contribution < 1.29 is 14.3 Å². The fraction of sp³-hybridized carbons (Fsp3) is 0.600. The van der Waals surface area contributed by atoms with Crippen molar-refractivity contribution in [2.24, 2.45) is 0 Å². The van der Waals surface area contributed by atoms with Crippen molar-refractivity contribution in [1.82, 2.24) is 9.80 Å². The number of unbranched alkanes of at least 4 members (excludes halogenated alkanes) is 1. The van der Waals surface area contributed by atoms with Crippen molar-refractivity contribution in [3.8, 4) is 0 Å². The van der Waals surface area contributed by atoms with Gasteiger partial charge < -0.3 is 14.5 Å². The number of nitrogens with zero attached hydrogens (tertiary/aromatic N) is 2. The normalized spacial score (nSPS) is 10.8. The van der Waals surface area contributed by atoms with Gasteiger partial charge in [-0.3, -0.25) is 9.59 Å². The summed E-state index contributed by atoms with van der Waals surface area (Å²) in [5.41, 5.74) is 0.585. The molecule has 1 aromatic carbocycles. The SMILES string of the molecule is CCOC(=O)CCN(CCCCN(CC)CC)C(=O)c1ccc(Cl)cc1. The zero-order valence-electron chi connectivity index (χ0n) is 16.2. The molecule has 0 heterocycles. The Kier molecular flexibility index (Phi) is 11.0. The van der Waals surface area contributed by atoms with Crippen LogP contribution in [0.5, 0.6) is 0 Å². The molecule has 0 spiro atoms. The number of esters is 1. The van der Waals surface area contributed by atoms with E-state index in [2.05, 4.69) is 18.7 Å². The summed E-state index contributed by atoms with van der Waals surface area (Å²) in [5.74, 6) is -0.349. The lowest BCUT2D eigenvalue weighted by Gasteiger charge is -2.24. The van der Waals surface area contributed by atoms with Gasteiger partial charge >= 0.3 is 5.97 Å². The second-order valence-corrected chi connectivity index (χ2v) is 6.52. The minimum absolute atomic E-state index is 0.0752. The van der Waals surface area contributed by atoms with Gasteiger partial charge in [0.25, 0.3) is 5.91 Å². The summed E-state index contributed by atoms with van der Waals surface area (Å²) in [6, 6.07) is 6.85. The van der Waals surface area contributed by atoms with Gasteiger partial charge in [-0.2, -0.15) is 0 Å². The minimum atomic E-state index is -0.274. The fourth-order valence-corrected chi connectivity index (χ4v) is 2.85. The molecule has 0 bridgehead atoms. The van der Waals surface area contributed by atoms with Gasteiger partial charge in [-0.25, -0.2) is 0 Å². The summed E-state index contributed by atoms with van der Waals surface area (Å²) in [5, 5.41) is 0.596. The van der Waals surface area contributed by atoms with Crippen LogP contribution in [0.1, 0.15) is 50.4 Å². The topological polar surface area (TPSA) is 49.9 Å². The smallest absolute Gasteiger partial charge is 0.307 e. The van der Waals surface area contributed by atoms with Crippen LogP contribution in [-0.2, 0) is 9.53 Å². The molecular formula is C20H31ClN2O3. The second kappa shape index (κ2) is 12.7. The molecule has 0 saturated heterocycles. The molecule has 1 rings (SSSR count). The maximum absolute atomic E-state index is 12.8. The molecule has 0 unspecified atom stereocenters. The molecule has 0 aliphatic carbocycles. The Morgan fingerprint density at radius 3 is 2.15 bits per heavy atom. The van der Waals surface area contributed by atoms with Crippen molar-refractivity contribution in [3.05, 3.63) is 34.9 Å². The number of carbonyl (C=O) groups is 2. The van der Waals surface area contributed by atoms with Crippen LogP contribution >= 0.6 is 11.6 Å². The first-order valence-corrected chi connectivity index (χ1v) is 9.82. The molecule has 1 amide bonds. The Labute approximate surface area is 162 Å². The summed E-state index contributed by atoms with van der Waals surface area (Å²) >= 11 is 5.90. The van der Waals surface area contributed by atoms with Crippen LogP contribution in [0.25, 0.3) is 0 Å². The summed E-state index contributed by atoms with van der Waals surface area (Å²) in [6.07, 6.45) is 2.13. The van der Waals surface area contributed by atoms with Crippen molar-refractivity contribution in [2.75, 3.05) is 39.3 Å². The van der Waals surface area contributed by atoms with E-state index in [1.807, 2.05) is 0 Å². The summed E-state index contributed by atoms with van der Waals surface area (Å²) in [4.78, 5) is 28.6. The highest BCUT2D eigenvalue weighted by Gasteiger charge is 2.17. The first-order chi connectivity index (χ1) is 12.5. The maximum Gasteiger partial charge on any atom is 0.307 e. The maximum atomic E-state index is 12.8. The van der Waals surface area contributed by atoms with Gasteiger partial charge in [0.2, 0.25) is 0 Å². The van der Waals surface area contributed by atoms with Crippen LogP contribution in [0.3, 0.4) is 0 Å². The molecule has 0 aromatic heterocycles. The molecule has 0 radical (unpaired) electrons. The third-order valence-electron chi connectivity index (χ3n) is 4.32. The molecule has 0 atom stereocenters. The van der Waals surface area contributed by atoms with Crippen molar-refractivity contribution in [2.45, 2.75) is 40.0 Å². The number of hydrogen-bond acceptors (Lipinski definition) is 4. The number of benzene rings is 1. The van der Waals surface area contributed by atoms with Crippen molar-refractivity contribution >= 4 is 23.5 Å². The highest BCUT2D eigenvalue weighted by Crippen LogP contribution is 2.13. The zero-order valence-corrected chi connectivity index (χ0v) is 16.9. The van der Waals surface area contributed by atoms with E-state index in [1.165, 1.54) is 0 Å². The molecule has 5 nitrogen and oxygen atoms in total. The van der Waals surface area contributed by atoms with Crippen LogP contribution in [0, 0.1) is 0 Å². The first-order valence-electron chi connectivity index (χ1n) is 9.44. The number of hydrogen-bond donors (Lipinski definition) is 0. The number of carbonyl (C=O) groups excluding carboxylic acids is 2. The summed E-state index contributed by atoms with van der Waals surface area (Å²) in [7, 11) is 0. The molecule has 0 saturated carbocycles. The molecule has 0 fully saturated rings. The van der Waals surface area contributed by atoms with Gasteiger partial charge in [-0.15, -0.1) is 0 Å². The van der Waals surface area contributed by atoms with E-state index in [0.717, 1.165) is 32.5 Å². The van der Waals surface area contributed by atoms with Crippen LogP contribution in [0.2, 0.25) is 5.02 Å². The van der Waals surface area contributed by atoms with E-state index in [0.29, 0.717) is 30.3 Å². The van der Waals surface area contributed by atoms with E-state index in [-0.39, 0.29) is 18.3 Å². The number of ether oxygens (including phenoxy) is 1. The van der Waals surface area contributed by atoms with E-state index < -0.39 is 0 Å². The molecule has 26 heavy (non-hydrogen) atoms. The average molecular weight is 383 g/mol. The quantitative estimate of drug-likeness (QED) is 0.407. The lowest BCUT2D eigenvalue weighted by atomic mass is 10.1.